The Morgan fingerprint density at radius 1 is 1.25 bits per heavy atom. The highest BCUT2D eigenvalue weighted by Crippen LogP contribution is 2.21. The minimum absolute atomic E-state index is 0.00335. The summed E-state index contributed by atoms with van der Waals surface area (Å²) in [6, 6.07) is 9.36. The molecule has 0 radical (unpaired) electrons. The van der Waals surface area contributed by atoms with Gasteiger partial charge in [0.05, 0.1) is 16.6 Å². The average molecular weight is 278 g/mol. The summed E-state index contributed by atoms with van der Waals surface area (Å²) in [6.45, 7) is -0.00335. The Hall–Kier alpha value is -0.130. The summed E-state index contributed by atoms with van der Waals surface area (Å²) in [4.78, 5) is 0. The molecule has 2 nitrogen and oxygen atoms in total. The summed E-state index contributed by atoms with van der Waals surface area (Å²) in [5, 5.41) is 18.4. The second-order valence-corrected chi connectivity index (χ2v) is 4.15. The van der Waals surface area contributed by atoms with E-state index in [1.807, 2.05) is 52.9 Å². The number of aliphatic hydroxyl groups excluding tert-OH is 2. The Labute approximate surface area is 85.4 Å². The second-order valence-electron chi connectivity index (χ2n) is 2.55. The summed E-state index contributed by atoms with van der Waals surface area (Å²) in [5.74, 6) is 0. The fourth-order valence-electron chi connectivity index (χ4n) is 0.959. The Bertz CT molecular complexity index is 225. The van der Waals surface area contributed by atoms with E-state index in [2.05, 4.69) is 0 Å². The molecule has 0 aliphatic heterocycles. The maximum Gasteiger partial charge on any atom is 0.0929 e. The summed E-state index contributed by atoms with van der Waals surface area (Å²) >= 11 is 2.04. The molecule has 0 aliphatic carbocycles. The molecule has 1 rings (SSSR count). The molecule has 0 bridgehead atoms. The van der Waals surface area contributed by atoms with Crippen molar-refractivity contribution in [2.24, 2.45) is 0 Å². The third kappa shape index (κ3) is 2.43. The number of halogens is 1. The molecule has 66 valence electrons. The SMILES string of the molecule is OC[C@H](I)[C@H](O)c1ccccc1. The normalized spacial score (nSPS) is 15.6. The number of benzene rings is 1. The van der Waals surface area contributed by atoms with Crippen molar-refractivity contribution in [1.82, 2.24) is 0 Å². The summed E-state index contributed by atoms with van der Waals surface area (Å²) < 4.78 is -0.134. The number of hydrogen-bond donors (Lipinski definition) is 2. The topological polar surface area (TPSA) is 40.5 Å². The van der Waals surface area contributed by atoms with Crippen molar-refractivity contribution in [3.63, 3.8) is 0 Å². The third-order valence-electron chi connectivity index (χ3n) is 1.66. The van der Waals surface area contributed by atoms with Gasteiger partial charge in [-0.25, -0.2) is 0 Å². The zero-order chi connectivity index (χ0) is 8.97. The Morgan fingerprint density at radius 2 is 1.83 bits per heavy atom. The summed E-state index contributed by atoms with van der Waals surface area (Å²) in [7, 11) is 0. The standard InChI is InChI=1S/C9H11IO2/c10-8(6-11)9(12)7-4-2-1-3-5-7/h1-5,8-9,11-12H,6H2/t8-,9+/m0/s1. The van der Waals surface area contributed by atoms with Crippen LogP contribution in [-0.4, -0.2) is 20.7 Å². The maximum absolute atomic E-state index is 9.62. The lowest BCUT2D eigenvalue weighted by Crippen LogP contribution is -2.15. The van der Waals surface area contributed by atoms with Crippen molar-refractivity contribution in [3.8, 4) is 0 Å². The second kappa shape index (κ2) is 4.79. The van der Waals surface area contributed by atoms with Crippen molar-refractivity contribution in [1.29, 1.82) is 0 Å². The molecular formula is C9H11IO2. The molecule has 0 unspecified atom stereocenters. The van der Waals surface area contributed by atoms with Crippen LogP contribution in [0, 0.1) is 0 Å². The molecule has 0 saturated heterocycles. The van der Waals surface area contributed by atoms with Crippen molar-refractivity contribution in [2.75, 3.05) is 6.61 Å². The van der Waals surface area contributed by atoms with Gasteiger partial charge in [0.25, 0.3) is 0 Å². The molecule has 0 aliphatic rings. The van der Waals surface area contributed by atoms with Gasteiger partial charge in [-0.2, -0.15) is 0 Å². The monoisotopic (exact) mass is 278 g/mol. The quantitative estimate of drug-likeness (QED) is 0.650. The Kier molecular flexibility index (Phi) is 3.97. The van der Waals surface area contributed by atoms with Gasteiger partial charge in [-0.1, -0.05) is 52.9 Å². The van der Waals surface area contributed by atoms with Gasteiger partial charge < -0.3 is 10.2 Å². The van der Waals surface area contributed by atoms with Crippen molar-refractivity contribution >= 4 is 22.6 Å². The van der Waals surface area contributed by atoms with Gasteiger partial charge in [0, 0.05) is 0 Å². The van der Waals surface area contributed by atoms with Gasteiger partial charge in [-0.15, -0.1) is 0 Å². The van der Waals surface area contributed by atoms with Crippen molar-refractivity contribution in [2.45, 2.75) is 10.0 Å². The van der Waals surface area contributed by atoms with Crippen LogP contribution < -0.4 is 0 Å². The molecule has 0 amide bonds. The lowest BCUT2D eigenvalue weighted by molar-refractivity contribution is 0.148. The summed E-state index contributed by atoms with van der Waals surface area (Å²) in [6.07, 6.45) is -0.572. The van der Waals surface area contributed by atoms with E-state index < -0.39 is 6.10 Å². The predicted octanol–water partition coefficient (Wildman–Crippen LogP) is 1.52. The molecule has 0 saturated carbocycles. The number of aliphatic hydroxyl groups is 2. The molecule has 3 heteroatoms. The molecular weight excluding hydrogens is 267 g/mol. The molecule has 2 atom stereocenters. The lowest BCUT2D eigenvalue weighted by atomic mass is 10.1. The molecule has 12 heavy (non-hydrogen) atoms. The van der Waals surface area contributed by atoms with E-state index in [0.29, 0.717) is 0 Å². The molecule has 0 fully saturated rings. The number of hydrogen-bond acceptors (Lipinski definition) is 2. The molecule has 0 heterocycles. The lowest BCUT2D eigenvalue weighted by Gasteiger charge is -2.14. The van der Waals surface area contributed by atoms with Crippen LogP contribution in [0.1, 0.15) is 11.7 Å². The van der Waals surface area contributed by atoms with Crippen LogP contribution in [0.15, 0.2) is 30.3 Å². The molecule has 1 aromatic rings. The van der Waals surface area contributed by atoms with Gasteiger partial charge in [0.15, 0.2) is 0 Å². The van der Waals surface area contributed by atoms with E-state index in [1.165, 1.54) is 0 Å². The van der Waals surface area contributed by atoms with Gasteiger partial charge in [0.1, 0.15) is 0 Å². The molecule has 1 aromatic carbocycles. The third-order valence-corrected chi connectivity index (χ3v) is 2.73. The average Bonchev–Trinajstić information content (AvgIpc) is 2.17. The highest BCUT2D eigenvalue weighted by atomic mass is 127. The zero-order valence-corrected chi connectivity index (χ0v) is 8.68. The largest absolute Gasteiger partial charge is 0.395 e. The Balaban J connectivity index is 2.71. The minimum Gasteiger partial charge on any atom is -0.395 e. The van der Waals surface area contributed by atoms with E-state index in [-0.39, 0.29) is 10.5 Å². The van der Waals surface area contributed by atoms with Gasteiger partial charge in [-0.3, -0.25) is 0 Å². The van der Waals surface area contributed by atoms with E-state index >= 15 is 0 Å². The van der Waals surface area contributed by atoms with Crippen LogP contribution in [0.5, 0.6) is 0 Å². The first-order valence-electron chi connectivity index (χ1n) is 3.73. The van der Waals surface area contributed by atoms with Crippen LogP contribution in [0.2, 0.25) is 0 Å². The van der Waals surface area contributed by atoms with E-state index in [4.69, 9.17) is 5.11 Å². The van der Waals surface area contributed by atoms with Crippen molar-refractivity contribution < 1.29 is 10.2 Å². The highest BCUT2D eigenvalue weighted by Gasteiger charge is 2.15. The predicted molar refractivity (Wildman–Crippen MR) is 56.3 cm³/mol. The highest BCUT2D eigenvalue weighted by molar-refractivity contribution is 14.1. The van der Waals surface area contributed by atoms with E-state index in [1.54, 1.807) is 0 Å². The molecule has 2 N–H and O–H groups in total. The number of alkyl halides is 1. The van der Waals surface area contributed by atoms with Crippen LogP contribution in [0.4, 0.5) is 0 Å². The number of rotatable bonds is 3. The zero-order valence-electron chi connectivity index (χ0n) is 6.52. The molecule has 0 aromatic heterocycles. The first-order chi connectivity index (χ1) is 5.75. The van der Waals surface area contributed by atoms with E-state index in [0.717, 1.165) is 5.56 Å². The fourth-order valence-corrected chi connectivity index (χ4v) is 1.37. The smallest absolute Gasteiger partial charge is 0.0929 e. The van der Waals surface area contributed by atoms with Gasteiger partial charge in [-0.05, 0) is 5.56 Å². The molecule has 0 spiro atoms. The van der Waals surface area contributed by atoms with Crippen LogP contribution in [0.25, 0.3) is 0 Å². The van der Waals surface area contributed by atoms with Crippen LogP contribution >= 0.6 is 22.6 Å². The first kappa shape index (κ1) is 9.95. The van der Waals surface area contributed by atoms with Crippen LogP contribution in [-0.2, 0) is 0 Å². The maximum atomic E-state index is 9.62. The first-order valence-corrected chi connectivity index (χ1v) is 4.98. The fraction of sp³-hybridized carbons (Fsp3) is 0.333. The van der Waals surface area contributed by atoms with Crippen LogP contribution in [0.3, 0.4) is 0 Å². The van der Waals surface area contributed by atoms with Gasteiger partial charge >= 0.3 is 0 Å². The summed E-state index contributed by atoms with van der Waals surface area (Å²) in [5.41, 5.74) is 0.853. The van der Waals surface area contributed by atoms with E-state index in [9.17, 15) is 5.11 Å². The van der Waals surface area contributed by atoms with Crippen molar-refractivity contribution in [3.05, 3.63) is 35.9 Å². The van der Waals surface area contributed by atoms with Gasteiger partial charge in [0.2, 0.25) is 0 Å². The minimum atomic E-state index is -0.572. The Morgan fingerprint density at radius 3 is 2.33 bits per heavy atom.